The van der Waals surface area contributed by atoms with E-state index in [9.17, 15) is 4.39 Å². The molecule has 0 saturated heterocycles. The van der Waals surface area contributed by atoms with Crippen molar-refractivity contribution < 1.29 is 4.39 Å². The summed E-state index contributed by atoms with van der Waals surface area (Å²) in [7, 11) is 1.77. The molecule has 0 atom stereocenters. The van der Waals surface area contributed by atoms with Crippen molar-refractivity contribution in [1.82, 2.24) is 9.55 Å². The van der Waals surface area contributed by atoms with Gasteiger partial charge in [0.25, 0.3) is 0 Å². The average molecular weight is 270 g/mol. The summed E-state index contributed by atoms with van der Waals surface area (Å²) in [6, 6.07) is 4.71. The van der Waals surface area contributed by atoms with Gasteiger partial charge in [0.2, 0.25) is 0 Å². The summed E-state index contributed by atoms with van der Waals surface area (Å²) in [6.07, 6.45) is 1.69. The Morgan fingerprint density at radius 3 is 2.80 bits per heavy atom. The molecule has 0 bridgehead atoms. The summed E-state index contributed by atoms with van der Waals surface area (Å²) in [6.45, 7) is 0. The lowest BCUT2D eigenvalue weighted by atomic mass is 10.1. The molecule has 0 saturated carbocycles. The number of hydrogen-bond acceptors (Lipinski definition) is 2. The molecular weight excluding hydrogens is 261 g/mol. The third-order valence-corrected chi connectivity index (χ3v) is 2.61. The fraction of sp³-hybridized carbons (Fsp3) is 0.100. The van der Waals surface area contributed by atoms with Crippen molar-refractivity contribution in [3.05, 3.63) is 34.7 Å². The third-order valence-electron chi connectivity index (χ3n) is 2.12. The molecule has 2 rings (SSSR count). The highest BCUT2D eigenvalue weighted by Gasteiger charge is 2.09. The lowest BCUT2D eigenvalue weighted by Crippen LogP contribution is -1.94. The number of nitrogens with zero attached hydrogens (tertiary/aromatic N) is 2. The maximum Gasteiger partial charge on any atom is 0.200 e. The van der Waals surface area contributed by atoms with Gasteiger partial charge < -0.3 is 10.3 Å². The molecule has 0 amide bonds. The Labute approximate surface area is 94.9 Å². The Balaban J connectivity index is 2.58. The summed E-state index contributed by atoms with van der Waals surface area (Å²) in [4.78, 5) is 4.06. The molecule has 1 heterocycles. The van der Waals surface area contributed by atoms with Gasteiger partial charge in [-0.05, 0) is 18.2 Å². The van der Waals surface area contributed by atoms with Gasteiger partial charge >= 0.3 is 0 Å². The molecule has 5 heteroatoms. The smallest absolute Gasteiger partial charge is 0.200 e. The first-order valence-corrected chi connectivity index (χ1v) is 5.11. The van der Waals surface area contributed by atoms with Gasteiger partial charge in [-0.3, -0.25) is 0 Å². The summed E-state index contributed by atoms with van der Waals surface area (Å²) in [5, 5.41) is 0. The van der Waals surface area contributed by atoms with E-state index in [1.54, 1.807) is 29.9 Å². The van der Waals surface area contributed by atoms with E-state index in [-0.39, 0.29) is 5.82 Å². The Hall–Kier alpha value is -1.36. The zero-order valence-electron chi connectivity index (χ0n) is 8.04. The van der Waals surface area contributed by atoms with E-state index < -0.39 is 0 Å². The number of benzene rings is 1. The second kappa shape index (κ2) is 3.66. The van der Waals surface area contributed by atoms with Gasteiger partial charge in [0, 0.05) is 23.3 Å². The minimum Gasteiger partial charge on any atom is -0.369 e. The maximum atomic E-state index is 13.5. The van der Waals surface area contributed by atoms with Crippen LogP contribution in [0.4, 0.5) is 10.3 Å². The monoisotopic (exact) mass is 269 g/mol. The molecule has 0 radical (unpaired) electrons. The van der Waals surface area contributed by atoms with Crippen LogP contribution in [0.1, 0.15) is 0 Å². The number of imidazole rings is 1. The fourth-order valence-electron chi connectivity index (χ4n) is 1.30. The lowest BCUT2D eigenvalue weighted by molar-refractivity contribution is 0.630. The van der Waals surface area contributed by atoms with E-state index in [0.29, 0.717) is 17.2 Å². The van der Waals surface area contributed by atoms with E-state index in [0.717, 1.165) is 4.47 Å². The van der Waals surface area contributed by atoms with Crippen LogP contribution in [-0.4, -0.2) is 9.55 Å². The molecule has 1 aromatic heterocycles. The lowest BCUT2D eigenvalue weighted by Gasteiger charge is -1.99. The second-order valence-electron chi connectivity index (χ2n) is 3.22. The first-order valence-electron chi connectivity index (χ1n) is 4.32. The van der Waals surface area contributed by atoms with Crippen LogP contribution in [0.25, 0.3) is 11.3 Å². The molecule has 2 N–H and O–H groups in total. The molecule has 0 unspecified atom stereocenters. The van der Waals surface area contributed by atoms with E-state index in [1.807, 2.05) is 0 Å². The number of rotatable bonds is 1. The highest BCUT2D eigenvalue weighted by atomic mass is 79.9. The minimum absolute atomic E-state index is 0.309. The number of aromatic nitrogens is 2. The molecule has 0 fully saturated rings. The maximum absolute atomic E-state index is 13.5. The normalized spacial score (nSPS) is 10.6. The van der Waals surface area contributed by atoms with Gasteiger partial charge in [0.05, 0.1) is 5.69 Å². The van der Waals surface area contributed by atoms with Crippen LogP contribution in [0, 0.1) is 5.82 Å². The van der Waals surface area contributed by atoms with Crippen molar-refractivity contribution in [2.75, 3.05) is 5.73 Å². The predicted molar refractivity (Wildman–Crippen MR) is 60.7 cm³/mol. The number of anilines is 1. The van der Waals surface area contributed by atoms with Crippen molar-refractivity contribution in [2.45, 2.75) is 0 Å². The molecule has 0 aliphatic heterocycles. The number of hydrogen-bond donors (Lipinski definition) is 1. The van der Waals surface area contributed by atoms with Crippen LogP contribution in [-0.2, 0) is 7.05 Å². The summed E-state index contributed by atoms with van der Waals surface area (Å²) >= 11 is 3.29. The Bertz CT molecular complexity index is 488. The molecule has 0 aliphatic carbocycles. The zero-order valence-corrected chi connectivity index (χ0v) is 9.62. The van der Waals surface area contributed by atoms with E-state index >= 15 is 0 Å². The highest BCUT2D eigenvalue weighted by Crippen LogP contribution is 2.25. The molecule has 3 nitrogen and oxygen atoms in total. The zero-order chi connectivity index (χ0) is 11.0. The quantitative estimate of drug-likeness (QED) is 0.865. The Morgan fingerprint density at radius 1 is 1.47 bits per heavy atom. The summed E-state index contributed by atoms with van der Waals surface area (Å²) in [5.74, 6) is 0.0562. The van der Waals surface area contributed by atoms with Crippen molar-refractivity contribution in [2.24, 2.45) is 7.05 Å². The van der Waals surface area contributed by atoms with Crippen LogP contribution in [0.15, 0.2) is 28.9 Å². The molecule has 2 aromatic rings. The third kappa shape index (κ3) is 1.87. The number of nitrogens with two attached hydrogens (primary N) is 1. The SMILES string of the molecule is Cn1cc(-c2cc(Br)ccc2F)nc1N. The largest absolute Gasteiger partial charge is 0.369 e. The highest BCUT2D eigenvalue weighted by molar-refractivity contribution is 9.10. The molecule has 1 aromatic carbocycles. The van der Waals surface area contributed by atoms with E-state index in [2.05, 4.69) is 20.9 Å². The number of halogens is 2. The van der Waals surface area contributed by atoms with E-state index in [4.69, 9.17) is 5.73 Å². The van der Waals surface area contributed by atoms with Crippen molar-refractivity contribution in [3.63, 3.8) is 0 Å². The summed E-state index contributed by atoms with van der Waals surface area (Å²) < 4.78 is 15.9. The van der Waals surface area contributed by atoms with Gasteiger partial charge in [-0.2, -0.15) is 0 Å². The van der Waals surface area contributed by atoms with Crippen molar-refractivity contribution in [3.8, 4) is 11.3 Å². The average Bonchev–Trinajstić information content (AvgIpc) is 2.51. The van der Waals surface area contributed by atoms with E-state index in [1.165, 1.54) is 6.07 Å². The second-order valence-corrected chi connectivity index (χ2v) is 4.14. The van der Waals surface area contributed by atoms with Gasteiger partial charge in [-0.1, -0.05) is 15.9 Å². The predicted octanol–water partition coefficient (Wildman–Crippen LogP) is 2.57. The van der Waals surface area contributed by atoms with Crippen LogP contribution < -0.4 is 5.73 Å². The summed E-state index contributed by atoms with van der Waals surface area (Å²) in [5.41, 5.74) is 6.56. The fourth-order valence-corrected chi connectivity index (χ4v) is 1.67. The topological polar surface area (TPSA) is 43.8 Å². The van der Waals surface area contributed by atoms with Crippen LogP contribution in [0.5, 0.6) is 0 Å². The van der Waals surface area contributed by atoms with Crippen molar-refractivity contribution in [1.29, 1.82) is 0 Å². The van der Waals surface area contributed by atoms with Gasteiger partial charge in [-0.25, -0.2) is 9.37 Å². The Morgan fingerprint density at radius 2 is 2.20 bits per heavy atom. The van der Waals surface area contributed by atoms with Crippen LogP contribution >= 0.6 is 15.9 Å². The molecular formula is C10H9BrFN3. The van der Waals surface area contributed by atoms with Gasteiger partial charge in [0.15, 0.2) is 5.95 Å². The first kappa shape index (κ1) is 10.2. The molecule has 0 aliphatic rings. The van der Waals surface area contributed by atoms with Gasteiger partial charge in [-0.15, -0.1) is 0 Å². The number of aryl methyl sites for hydroxylation is 1. The molecule has 78 valence electrons. The standard InChI is InChI=1S/C10H9BrFN3/c1-15-5-9(14-10(15)13)7-4-6(11)2-3-8(7)12/h2-5H,1H3,(H2,13,14). The molecule has 0 spiro atoms. The minimum atomic E-state index is -0.309. The Kier molecular flexibility index (Phi) is 2.48. The first-order chi connectivity index (χ1) is 7.08. The van der Waals surface area contributed by atoms with Crippen molar-refractivity contribution >= 4 is 21.9 Å². The van der Waals surface area contributed by atoms with Crippen LogP contribution in [0.3, 0.4) is 0 Å². The molecule has 15 heavy (non-hydrogen) atoms. The van der Waals surface area contributed by atoms with Gasteiger partial charge in [0.1, 0.15) is 5.82 Å². The number of nitrogen functional groups attached to an aromatic ring is 1. The van der Waals surface area contributed by atoms with Crippen LogP contribution in [0.2, 0.25) is 0 Å².